The normalized spacial score (nSPS) is 10.2. The molecule has 116 valence electrons. The van der Waals surface area contributed by atoms with Crippen molar-refractivity contribution in [1.82, 2.24) is 14.9 Å². The Morgan fingerprint density at radius 3 is 2.86 bits per heavy atom. The number of benzene rings is 1. The van der Waals surface area contributed by atoms with Crippen molar-refractivity contribution in [1.29, 1.82) is 0 Å². The number of aromatic nitrogens is 2. The van der Waals surface area contributed by atoms with Gasteiger partial charge in [0.05, 0.1) is 6.33 Å². The molecule has 0 aliphatic heterocycles. The third kappa shape index (κ3) is 4.34. The highest BCUT2D eigenvalue weighted by Crippen LogP contribution is 2.16. The van der Waals surface area contributed by atoms with Crippen LogP contribution in [0.4, 0.5) is 10.5 Å². The maximum atomic E-state index is 11.8. The van der Waals surface area contributed by atoms with Crippen molar-refractivity contribution in [2.24, 2.45) is 5.73 Å². The minimum atomic E-state index is -0.524. The van der Waals surface area contributed by atoms with Gasteiger partial charge in [-0.25, -0.2) is 9.78 Å². The second kappa shape index (κ2) is 7.26. The molecule has 0 fully saturated rings. The second-order valence-corrected chi connectivity index (χ2v) is 4.93. The number of carbonyl (C=O) groups is 2. The molecule has 7 heteroatoms. The molecule has 4 N–H and O–H groups in total. The fourth-order valence-corrected chi connectivity index (χ4v) is 1.96. The summed E-state index contributed by atoms with van der Waals surface area (Å²) in [6, 6.07) is 4.64. The van der Waals surface area contributed by atoms with Crippen molar-refractivity contribution < 1.29 is 9.59 Å². The van der Waals surface area contributed by atoms with E-state index >= 15 is 0 Å². The Bertz CT molecular complexity index is 652. The first kappa shape index (κ1) is 15.6. The van der Waals surface area contributed by atoms with Crippen molar-refractivity contribution in [2.75, 3.05) is 11.9 Å². The molecule has 1 heterocycles. The molecule has 0 spiro atoms. The number of rotatable bonds is 6. The summed E-state index contributed by atoms with van der Waals surface area (Å²) in [5.41, 5.74) is 7.03. The molecule has 3 amide bonds. The standard InChI is InChI=1S/C15H19N5O2/c1-11-3-4-12(14(16)21)9-13(11)19-15(22)18-5-2-7-20-8-6-17-10-20/h3-4,6,8-10H,2,5,7H2,1H3,(H2,16,21)(H2,18,19,22). The smallest absolute Gasteiger partial charge is 0.319 e. The zero-order chi connectivity index (χ0) is 15.9. The van der Waals surface area contributed by atoms with Crippen LogP contribution in [0.25, 0.3) is 0 Å². The van der Waals surface area contributed by atoms with Crippen molar-refractivity contribution in [3.63, 3.8) is 0 Å². The van der Waals surface area contributed by atoms with Crippen molar-refractivity contribution in [3.05, 3.63) is 48.0 Å². The molecule has 2 aromatic rings. The Balaban J connectivity index is 1.81. The zero-order valence-corrected chi connectivity index (χ0v) is 12.4. The van der Waals surface area contributed by atoms with Gasteiger partial charge >= 0.3 is 6.03 Å². The van der Waals surface area contributed by atoms with Crippen LogP contribution in [-0.4, -0.2) is 28.0 Å². The van der Waals surface area contributed by atoms with Gasteiger partial charge in [0, 0.05) is 36.7 Å². The number of amides is 3. The Hall–Kier alpha value is -2.83. The fourth-order valence-electron chi connectivity index (χ4n) is 1.96. The van der Waals surface area contributed by atoms with Gasteiger partial charge in [0.15, 0.2) is 0 Å². The first-order chi connectivity index (χ1) is 10.6. The first-order valence-electron chi connectivity index (χ1n) is 6.97. The summed E-state index contributed by atoms with van der Waals surface area (Å²) in [7, 11) is 0. The molecule has 22 heavy (non-hydrogen) atoms. The van der Waals surface area contributed by atoms with Gasteiger partial charge in [-0.1, -0.05) is 6.07 Å². The number of imidazole rings is 1. The molecule has 7 nitrogen and oxygen atoms in total. The zero-order valence-electron chi connectivity index (χ0n) is 12.4. The van der Waals surface area contributed by atoms with Gasteiger partial charge in [-0.15, -0.1) is 0 Å². The summed E-state index contributed by atoms with van der Waals surface area (Å²) in [4.78, 5) is 27.0. The van der Waals surface area contributed by atoms with Crippen molar-refractivity contribution in [3.8, 4) is 0 Å². The quantitative estimate of drug-likeness (QED) is 0.705. The van der Waals surface area contributed by atoms with E-state index in [4.69, 9.17) is 5.73 Å². The molecule has 0 atom stereocenters. The van der Waals surface area contributed by atoms with Crippen LogP contribution in [0, 0.1) is 6.92 Å². The van der Waals surface area contributed by atoms with Gasteiger partial charge < -0.3 is 20.9 Å². The van der Waals surface area contributed by atoms with Crippen molar-refractivity contribution in [2.45, 2.75) is 19.9 Å². The van der Waals surface area contributed by atoms with Gasteiger partial charge in [0.2, 0.25) is 5.91 Å². The van der Waals surface area contributed by atoms with Crippen LogP contribution in [0.5, 0.6) is 0 Å². The molecule has 0 radical (unpaired) electrons. The summed E-state index contributed by atoms with van der Waals surface area (Å²) in [6.45, 7) is 3.18. The first-order valence-corrected chi connectivity index (χ1v) is 6.97. The molecule has 0 aliphatic carbocycles. The number of carbonyl (C=O) groups excluding carboxylic acids is 2. The van der Waals surface area contributed by atoms with Crippen LogP contribution in [0.3, 0.4) is 0 Å². The average molecular weight is 301 g/mol. The Morgan fingerprint density at radius 1 is 1.36 bits per heavy atom. The Kier molecular flexibility index (Phi) is 5.13. The summed E-state index contributed by atoms with van der Waals surface area (Å²) in [6.07, 6.45) is 6.12. The largest absolute Gasteiger partial charge is 0.366 e. The number of anilines is 1. The van der Waals surface area contributed by atoms with Crippen LogP contribution < -0.4 is 16.4 Å². The van der Waals surface area contributed by atoms with Crippen LogP contribution in [0.2, 0.25) is 0 Å². The maximum absolute atomic E-state index is 11.8. The highest BCUT2D eigenvalue weighted by molar-refractivity contribution is 5.96. The number of hydrogen-bond donors (Lipinski definition) is 3. The second-order valence-electron chi connectivity index (χ2n) is 4.93. The van der Waals surface area contributed by atoms with Gasteiger partial charge in [0.25, 0.3) is 0 Å². The van der Waals surface area contributed by atoms with Crippen LogP contribution in [-0.2, 0) is 6.54 Å². The van der Waals surface area contributed by atoms with E-state index in [9.17, 15) is 9.59 Å². The molecular formula is C15H19N5O2. The molecular weight excluding hydrogens is 282 g/mol. The Labute approximate surface area is 128 Å². The molecule has 0 saturated heterocycles. The lowest BCUT2D eigenvalue weighted by Crippen LogP contribution is -2.30. The topological polar surface area (TPSA) is 102 Å². The maximum Gasteiger partial charge on any atom is 0.319 e. The van der Waals surface area contributed by atoms with E-state index in [2.05, 4.69) is 15.6 Å². The minimum absolute atomic E-state index is 0.310. The lowest BCUT2D eigenvalue weighted by Gasteiger charge is -2.11. The lowest BCUT2D eigenvalue weighted by atomic mass is 10.1. The number of nitrogens with one attached hydrogen (secondary N) is 2. The minimum Gasteiger partial charge on any atom is -0.366 e. The van der Waals surface area contributed by atoms with E-state index in [1.54, 1.807) is 30.7 Å². The van der Waals surface area contributed by atoms with Crippen molar-refractivity contribution >= 4 is 17.6 Å². The third-order valence-electron chi connectivity index (χ3n) is 3.21. The fraction of sp³-hybridized carbons (Fsp3) is 0.267. The van der Waals surface area contributed by atoms with Gasteiger partial charge in [0.1, 0.15) is 0 Å². The molecule has 0 unspecified atom stereocenters. The van der Waals surface area contributed by atoms with E-state index < -0.39 is 5.91 Å². The van der Waals surface area contributed by atoms with E-state index in [1.807, 2.05) is 17.7 Å². The number of aryl methyl sites for hydroxylation is 2. The average Bonchev–Trinajstić information content (AvgIpc) is 2.99. The molecule has 1 aromatic heterocycles. The summed E-state index contributed by atoms with van der Waals surface area (Å²) < 4.78 is 1.94. The summed E-state index contributed by atoms with van der Waals surface area (Å²) in [5, 5.41) is 5.49. The highest BCUT2D eigenvalue weighted by Gasteiger charge is 2.07. The van der Waals surface area contributed by atoms with Gasteiger partial charge in [-0.05, 0) is 31.0 Å². The van der Waals surface area contributed by atoms with E-state index in [-0.39, 0.29) is 6.03 Å². The van der Waals surface area contributed by atoms with Crippen LogP contribution in [0.15, 0.2) is 36.9 Å². The molecule has 2 rings (SSSR count). The molecule has 0 bridgehead atoms. The molecule has 1 aromatic carbocycles. The lowest BCUT2D eigenvalue weighted by molar-refractivity contribution is 0.100. The highest BCUT2D eigenvalue weighted by atomic mass is 16.2. The number of urea groups is 1. The summed E-state index contributed by atoms with van der Waals surface area (Å²) in [5.74, 6) is -0.524. The predicted octanol–water partition coefficient (Wildman–Crippen LogP) is 1.50. The molecule has 0 saturated carbocycles. The number of hydrogen-bond acceptors (Lipinski definition) is 3. The van der Waals surface area contributed by atoms with Crippen LogP contribution in [0.1, 0.15) is 22.3 Å². The van der Waals surface area contributed by atoms with Crippen LogP contribution >= 0.6 is 0 Å². The number of nitrogens with two attached hydrogens (primary N) is 1. The Morgan fingerprint density at radius 2 is 2.18 bits per heavy atom. The van der Waals surface area contributed by atoms with Gasteiger partial charge in [-0.3, -0.25) is 4.79 Å². The number of nitrogens with zero attached hydrogens (tertiary/aromatic N) is 2. The number of primary amides is 1. The van der Waals surface area contributed by atoms with Gasteiger partial charge in [-0.2, -0.15) is 0 Å². The monoisotopic (exact) mass is 301 g/mol. The SMILES string of the molecule is Cc1ccc(C(N)=O)cc1NC(=O)NCCCn1ccnc1. The molecule has 0 aliphatic rings. The van der Waals surface area contributed by atoms with E-state index in [0.29, 0.717) is 17.8 Å². The van der Waals surface area contributed by atoms with E-state index in [1.165, 1.54) is 0 Å². The van der Waals surface area contributed by atoms with E-state index in [0.717, 1.165) is 18.5 Å². The predicted molar refractivity (Wildman–Crippen MR) is 83.6 cm³/mol. The summed E-state index contributed by atoms with van der Waals surface area (Å²) >= 11 is 0. The third-order valence-corrected chi connectivity index (χ3v) is 3.21.